The summed E-state index contributed by atoms with van der Waals surface area (Å²) in [7, 11) is 0. The zero-order valence-electron chi connectivity index (χ0n) is 8.56. The van der Waals surface area contributed by atoms with E-state index in [9.17, 15) is 9.90 Å². The second-order valence-corrected chi connectivity index (χ2v) is 3.06. The Morgan fingerprint density at radius 3 is 2.31 bits per heavy atom. The minimum Gasteiger partial charge on any atom is -0.394 e. The Hall–Kier alpha value is -0.830. The zero-order valence-corrected chi connectivity index (χ0v) is 8.56. The molecular formula is C9H16O7. The van der Waals surface area contributed by atoms with Gasteiger partial charge < -0.3 is 30.3 Å². The number of rotatable bonds is 8. The molecule has 0 saturated carbocycles. The summed E-state index contributed by atoms with van der Waals surface area (Å²) in [5.74, 6) is -1.21. The number of hydrogen-bond acceptors (Lipinski definition) is 7. The van der Waals surface area contributed by atoms with E-state index in [1.807, 2.05) is 0 Å². The van der Waals surface area contributed by atoms with Gasteiger partial charge in [0.1, 0.15) is 18.3 Å². The molecule has 0 bridgehead atoms. The predicted octanol–water partition coefficient (Wildman–Crippen LogP) is -2.85. The van der Waals surface area contributed by atoms with Gasteiger partial charge in [-0.3, -0.25) is 4.79 Å². The van der Waals surface area contributed by atoms with Crippen LogP contribution in [-0.4, -0.2) is 69.1 Å². The molecule has 7 nitrogen and oxygen atoms in total. The van der Waals surface area contributed by atoms with Gasteiger partial charge in [0.2, 0.25) is 12.1 Å². The lowest BCUT2D eigenvalue weighted by atomic mass is 10.0. The molecule has 0 aromatic rings. The first-order chi connectivity index (χ1) is 7.45. The van der Waals surface area contributed by atoms with Crippen molar-refractivity contribution in [3.8, 4) is 0 Å². The standard InChI is InChI=1S/C9H16O7/c1-2-3-16-9(15)8(14)7(13)6(12)5(11)4-10/h2,5-7,9-13,15H,1,3-4H2/t5-,6-,7+,9?/m1/s1. The maximum absolute atomic E-state index is 11.2. The molecule has 0 aliphatic heterocycles. The van der Waals surface area contributed by atoms with Gasteiger partial charge in [-0.2, -0.15) is 0 Å². The molecule has 0 aliphatic rings. The van der Waals surface area contributed by atoms with Crippen LogP contribution in [0.1, 0.15) is 0 Å². The lowest BCUT2D eigenvalue weighted by molar-refractivity contribution is -0.172. The van der Waals surface area contributed by atoms with Gasteiger partial charge in [0.25, 0.3) is 0 Å². The third kappa shape index (κ3) is 4.35. The molecule has 16 heavy (non-hydrogen) atoms. The van der Waals surface area contributed by atoms with Crippen molar-refractivity contribution in [2.24, 2.45) is 0 Å². The zero-order chi connectivity index (χ0) is 12.7. The Labute approximate surface area is 92.2 Å². The summed E-state index contributed by atoms with van der Waals surface area (Å²) >= 11 is 0. The molecule has 0 heterocycles. The van der Waals surface area contributed by atoms with Crippen molar-refractivity contribution in [2.75, 3.05) is 13.2 Å². The topological polar surface area (TPSA) is 127 Å². The number of Topliss-reactive ketones (excluding diaryl/α,β-unsaturated/α-hetero) is 1. The Morgan fingerprint density at radius 1 is 1.31 bits per heavy atom. The van der Waals surface area contributed by atoms with Crippen LogP contribution < -0.4 is 0 Å². The third-order valence-corrected chi connectivity index (χ3v) is 1.81. The van der Waals surface area contributed by atoms with Crippen LogP contribution in [0.25, 0.3) is 0 Å². The first-order valence-corrected chi connectivity index (χ1v) is 4.55. The van der Waals surface area contributed by atoms with E-state index in [1.165, 1.54) is 6.08 Å². The summed E-state index contributed by atoms with van der Waals surface area (Å²) in [5, 5.41) is 44.9. The number of carbonyl (C=O) groups excluding carboxylic acids is 1. The van der Waals surface area contributed by atoms with E-state index < -0.39 is 37.0 Å². The van der Waals surface area contributed by atoms with Crippen LogP contribution in [0, 0.1) is 0 Å². The van der Waals surface area contributed by atoms with E-state index in [-0.39, 0.29) is 6.61 Å². The molecular weight excluding hydrogens is 220 g/mol. The van der Waals surface area contributed by atoms with Crippen molar-refractivity contribution in [3.63, 3.8) is 0 Å². The van der Waals surface area contributed by atoms with E-state index in [4.69, 9.17) is 20.4 Å². The summed E-state index contributed by atoms with van der Waals surface area (Å²) in [6, 6.07) is 0. The van der Waals surface area contributed by atoms with Gasteiger partial charge in [-0.25, -0.2) is 0 Å². The number of aliphatic hydroxyl groups is 5. The first kappa shape index (κ1) is 15.2. The lowest BCUT2D eigenvalue weighted by Gasteiger charge is -2.22. The highest BCUT2D eigenvalue weighted by molar-refractivity contribution is 5.86. The van der Waals surface area contributed by atoms with E-state index >= 15 is 0 Å². The van der Waals surface area contributed by atoms with E-state index in [1.54, 1.807) is 0 Å². The molecule has 0 aliphatic carbocycles. The summed E-state index contributed by atoms with van der Waals surface area (Å²) in [6.45, 7) is 2.34. The van der Waals surface area contributed by atoms with Crippen LogP contribution >= 0.6 is 0 Å². The maximum atomic E-state index is 11.2. The molecule has 0 spiro atoms. The number of aliphatic hydroxyl groups excluding tert-OH is 5. The van der Waals surface area contributed by atoms with Crippen molar-refractivity contribution < 1.29 is 35.1 Å². The van der Waals surface area contributed by atoms with Crippen LogP contribution in [0.3, 0.4) is 0 Å². The van der Waals surface area contributed by atoms with Crippen molar-refractivity contribution in [3.05, 3.63) is 12.7 Å². The van der Waals surface area contributed by atoms with Gasteiger partial charge in [0, 0.05) is 0 Å². The summed E-state index contributed by atoms with van der Waals surface area (Å²) < 4.78 is 4.51. The fourth-order valence-electron chi connectivity index (χ4n) is 0.874. The minimum atomic E-state index is -2.04. The molecule has 0 fully saturated rings. The smallest absolute Gasteiger partial charge is 0.219 e. The van der Waals surface area contributed by atoms with Crippen molar-refractivity contribution in [1.29, 1.82) is 0 Å². The normalized spacial score (nSPS) is 18.6. The highest BCUT2D eigenvalue weighted by Gasteiger charge is 2.33. The second kappa shape index (κ2) is 7.44. The van der Waals surface area contributed by atoms with Gasteiger partial charge in [0.15, 0.2) is 0 Å². The van der Waals surface area contributed by atoms with Crippen LogP contribution in [0.2, 0.25) is 0 Å². The minimum absolute atomic E-state index is 0.113. The molecule has 0 amide bonds. The van der Waals surface area contributed by atoms with Crippen molar-refractivity contribution in [2.45, 2.75) is 24.6 Å². The predicted molar refractivity (Wildman–Crippen MR) is 52.3 cm³/mol. The molecule has 0 aromatic carbocycles. The van der Waals surface area contributed by atoms with Gasteiger partial charge in [-0.1, -0.05) is 6.08 Å². The van der Waals surface area contributed by atoms with Crippen LogP contribution in [-0.2, 0) is 9.53 Å². The summed E-state index contributed by atoms with van der Waals surface area (Å²) in [5.41, 5.74) is 0. The fourth-order valence-corrected chi connectivity index (χ4v) is 0.874. The summed E-state index contributed by atoms with van der Waals surface area (Å²) in [4.78, 5) is 11.2. The third-order valence-electron chi connectivity index (χ3n) is 1.81. The first-order valence-electron chi connectivity index (χ1n) is 4.55. The largest absolute Gasteiger partial charge is 0.394 e. The van der Waals surface area contributed by atoms with E-state index in [0.717, 1.165) is 0 Å². The van der Waals surface area contributed by atoms with E-state index in [0.29, 0.717) is 0 Å². The Morgan fingerprint density at radius 2 is 1.88 bits per heavy atom. The van der Waals surface area contributed by atoms with Gasteiger partial charge in [-0.05, 0) is 0 Å². The Kier molecular flexibility index (Phi) is 7.06. The highest BCUT2D eigenvalue weighted by atomic mass is 16.6. The number of hydrogen-bond donors (Lipinski definition) is 5. The molecule has 0 aromatic heterocycles. The molecule has 0 radical (unpaired) electrons. The SMILES string of the molecule is C=CCOC(O)C(=O)[C@@H](O)[C@H](O)[C@H](O)CO. The van der Waals surface area contributed by atoms with Gasteiger partial charge >= 0.3 is 0 Å². The Bertz CT molecular complexity index is 230. The summed E-state index contributed by atoms with van der Waals surface area (Å²) in [6.07, 6.45) is -6.25. The van der Waals surface area contributed by atoms with Crippen LogP contribution in [0.15, 0.2) is 12.7 Å². The van der Waals surface area contributed by atoms with Crippen LogP contribution in [0.4, 0.5) is 0 Å². The molecule has 1 unspecified atom stereocenters. The molecule has 4 atom stereocenters. The lowest BCUT2D eigenvalue weighted by Crippen LogP contribution is -2.47. The second-order valence-electron chi connectivity index (χ2n) is 3.06. The monoisotopic (exact) mass is 236 g/mol. The average molecular weight is 236 g/mol. The Balaban J connectivity index is 4.30. The van der Waals surface area contributed by atoms with Crippen molar-refractivity contribution >= 4 is 5.78 Å². The molecule has 0 saturated heterocycles. The van der Waals surface area contributed by atoms with E-state index in [2.05, 4.69) is 11.3 Å². The molecule has 5 N–H and O–H groups in total. The van der Waals surface area contributed by atoms with Crippen LogP contribution in [0.5, 0.6) is 0 Å². The molecule has 94 valence electrons. The van der Waals surface area contributed by atoms with Gasteiger partial charge in [-0.15, -0.1) is 6.58 Å². The quantitative estimate of drug-likeness (QED) is 0.227. The molecule has 7 heteroatoms. The average Bonchev–Trinajstić information content (AvgIpc) is 2.31. The van der Waals surface area contributed by atoms with Gasteiger partial charge in [0.05, 0.1) is 13.2 Å². The number of ether oxygens (including phenoxy) is 1. The van der Waals surface area contributed by atoms with Crippen molar-refractivity contribution in [1.82, 2.24) is 0 Å². The number of ketones is 1. The molecule has 0 rings (SSSR count). The fraction of sp³-hybridized carbons (Fsp3) is 0.667. The maximum Gasteiger partial charge on any atom is 0.219 e. The number of carbonyl (C=O) groups is 1. The highest BCUT2D eigenvalue weighted by Crippen LogP contribution is 2.04.